The Hall–Kier alpha value is -3.82. The van der Waals surface area contributed by atoms with Crippen molar-refractivity contribution in [2.24, 2.45) is 5.92 Å². The van der Waals surface area contributed by atoms with Gasteiger partial charge in [0.25, 0.3) is 17.3 Å². The number of nitro groups is 2. The first-order valence-corrected chi connectivity index (χ1v) is 11.4. The molecule has 2 amide bonds. The fourth-order valence-electron chi connectivity index (χ4n) is 4.73. The van der Waals surface area contributed by atoms with Crippen LogP contribution in [0.1, 0.15) is 59.2 Å². The second-order valence-corrected chi connectivity index (χ2v) is 8.88. The van der Waals surface area contributed by atoms with Crippen LogP contribution in [0.25, 0.3) is 0 Å². The Kier molecular flexibility index (Phi) is 6.85. The Bertz CT molecular complexity index is 1110. The molecule has 178 valence electrons. The van der Waals surface area contributed by atoms with Crippen LogP contribution in [0, 0.1) is 26.1 Å². The van der Waals surface area contributed by atoms with E-state index >= 15 is 0 Å². The molecule has 1 aliphatic heterocycles. The maximum atomic E-state index is 12.9. The van der Waals surface area contributed by atoms with Gasteiger partial charge in [-0.3, -0.25) is 29.8 Å². The highest BCUT2D eigenvalue weighted by Gasteiger charge is 2.28. The highest BCUT2D eigenvalue weighted by Crippen LogP contribution is 2.28. The summed E-state index contributed by atoms with van der Waals surface area (Å²) in [5, 5.41) is 24.8. The van der Waals surface area contributed by atoms with Gasteiger partial charge >= 0.3 is 0 Å². The number of hydrogen-bond donors (Lipinski definition) is 1. The predicted octanol–water partition coefficient (Wildman–Crippen LogP) is 3.90. The number of nitro benzene ring substituents is 2. The molecule has 0 aromatic heterocycles. The summed E-state index contributed by atoms with van der Waals surface area (Å²) in [5.74, 6) is -0.226. The number of nitrogens with one attached hydrogen (secondary N) is 1. The molecule has 0 spiro atoms. The van der Waals surface area contributed by atoms with Crippen molar-refractivity contribution in [2.45, 2.75) is 51.6 Å². The van der Waals surface area contributed by atoms with E-state index in [1.54, 1.807) is 0 Å². The predicted molar refractivity (Wildman–Crippen MR) is 123 cm³/mol. The van der Waals surface area contributed by atoms with Gasteiger partial charge in [-0.15, -0.1) is 0 Å². The van der Waals surface area contributed by atoms with Gasteiger partial charge in [0.05, 0.1) is 21.5 Å². The second kappa shape index (κ2) is 9.98. The zero-order valence-electron chi connectivity index (χ0n) is 18.7. The molecular weight excluding hydrogens is 440 g/mol. The third-order valence-corrected chi connectivity index (χ3v) is 6.59. The van der Waals surface area contributed by atoms with E-state index in [1.807, 2.05) is 23.1 Å². The number of carbonyl (C=O) groups excluding carboxylic acids is 2. The van der Waals surface area contributed by atoms with Crippen LogP contribution in [0.5, 0.6) is 0 Å². The van der Waals surface area contributed by atoms with E-state index in [2.05, 4.69) is 5.32 Å². The Morgan fingerprint density at radius 1 is 0.941 bits per heavy atom. The lowest BCUT2D eigenvalue weighted by Crippen LogP contribution is -2.40. The summed E-state index contributed by atoms with van der Waals surface area (Å²) in [4.78, 5) is 47.9. The average molecular weight is 466 g/mol. The Labute approximate surface area is 196 Å². The van der Waals surface area contributed by atoms with Crippen LogP contribution in [-0.2, 0) is 24.3 Å². The maximum Gasteiger partial charge on any atom is 0.277 e. The average Bonchev–Trinajstić information content (AvgIpc) is 2.86. The molecule has 34 heavy (non-hydrogen) atoms. The van der Waals surface area contributed by atoms with Crippen molar-refractivity contribution < 1.29 is 19.4 Å². The van der Waals surface area contributed by atoms with Crippen LogP contribution in [0.2, 0.25) is 0 Å². The number of nitrogens with zero attached hydrogens (tertiary/aromatic N) is 3. The number of rotatable bonds is 6. The van der Waals surface area contributed by atoms with Gasteiger partial charge in [-0.05, 0) is 36.0 Å². The molecule has 2 aromatic carbocycles. The lowest BCUT2D eigenvalue weighted by molar-refractivity contribution is -0.394. The van der Waals surface area contributed by atoms with Crippen LogP contribution in [0.15, 0.2) is 36.4 Å². The molecule has 0 bridgehead atoms. The van der Waals surface area contributed by atoms with Crippen molar-refractivity contribution in [1.82, 2.24) is 10.2 Å². The third kappa shape index (κ3) is 5.22. The maximum absolute atomic E-state index is 12.9. The first-order valence-electron chi connectivity index (χ1n) is 11.4. The van der Waals surface area contributed by atoms with E-state index in [9.17, 15) is 29.8 Å². The standard InChI is InChI=1S/C24H26N4O6/c29-23(20-11-21(27(31)32)13-22(12-20)28(33)34)25-14-16-6-7-19-15-26(9-8-18(19)10-16)24(30)17-4-2-1-3-5-17/h6-7,10-13,17H,1-5,8-9,14-15H2,(H,25,29). The van der Waals surface area contributed by atoms with Gasteiger partial charge in [0.1, 0.15) is 0 Å². The number of benzene rings is 2. The van der Waals surface area contributed by atoms with Crippen LogP contribution in [0.3, 0.4) is 0 Å². The summed E-state index contributed by atoms with van der Waals surface area (Å²) in [6, 6.07) is 8.70. The highest BCUT2D eigenvalue weighted by atomic mass is 16.6. The molecule has 2 aliphatic rings. The normalized spacial score (nSPS) is 15.9. The minimum atomic E-state index is -0.768. The van der Waals surface area contributed by atoms with Crippen LogP contribution in [0.4, 0.5) is 11.4 Å². The van der Waals surface area contributed by atoms with Gasteiger partial charge in [-0.2, -0.15) is 0 Å². The van der Waals surface area contributed by atoms with Gasteiger partial charge in [-0.1, -0.05) is 37.5 Å². The molecule has 1 saturated carbocycles. The summed E-state index contributed by atoms with van der Waals surface area (Å²) < 4.78 is 0. The van der Waals surface area contributed by atoms with Crippen molar-refractivity contribution in [3.63, 3.8) is 0 Å². The Balaban J connectivity index is 1.40. The molecule has 4 rings (SSSR count). The zero-order chi connectivity index (χ0) is 24.2. The largest absolute Gasteiger partial charge is 0.348 e. The van der Waals surface area contributed by atoms with Crippen LogP contribution >= 0.6 is 0 Å². The van der Waals surface area contributed by atoms with Gasteiger partial charge in [0.2, 0.25) is 5.91 Å². The lowest BCUT2D eigenvalue weighted by Gasteiger charge is -2.33. The second-order valence-electron chi connectivity index (χ2n) is 8.88. The molecule has 0 unspecified atom stereocenters. The molecule has 2 aromatic rings. The van der Waals surface area contributed by atoms with Gasteiger partial charge in [-0.25, -0.2) is 0 Å². The molecule has 10 heteroatoms. The molecule has 0 atom stereocenters. The summed E-state index contributed by atoms with van der Waals surface area (Å²) in [7, 11) is 0. The van der Waals surface area contributed by atoms with Crippen molar-refractivity contribution in [3.05, 3.63) is 78.9 Å². The topological polar surface area (TPSA) is 136 Å². The van der Waals surface area contributed by atoms with Crippen molar-refractivity contribution >= 4 is 23.2 Å². The highest BCUT2D eigenvalue weighted by molar-refractivity contribution is 5.95. The molecule has 1 heterocycles. The molecular formula is C24H26N4O6. The van der Waals surface area contributed by atoms with Crippen molar-refractivity contribution in [1.29, 1.82) is 0 Å². The van der Waals surface area contributed by atoms with E-state index in [4.69, 9.17) is 0 Å². The van der Waals surface area contributed by atoms with Crippen molar-refractivity contribution in [3.8, 4) is 0 Å². The molecule has 10 nitrogen and oxygen atoms in total. The quantitative estimate of drug-likeness (QED) is 0.507. The SMILES string of the molecule is O=C(NCc1ccc2c(c1)CCN(C(=O)C1CCCCC1)C2)c1cc([N+](=O)[O-])cc([N+](=O)[O-])c1. The monoisotopic (exact) mass is 466 g/mol. The molecule has 0 saturated heterocycles. The summed E-state index contributed by atoms with van der Waals surface area (Å²) >= 11 is 0. The Morgan fingerprint density at radius 2 is 1.62 bits per heavy atom. The molecule has 1 fully saturated rings. The smallest absolute Gasteiger partial charge is 0.277 e. The lowest BCUT2D eigenvalue weighted by atomic mass is 9.87. The van der Waals surface area contributed by atoms with Gasteiger partial charge in [0, 0.05) is 37.7 Å². The van der Waals surface area contributed by atoms with E-state index in [0.717, 1.165) is 67.0 Å². The Morgan fingerprint density at radius 3 is 2.26 bits per heavy atom. The summed E-state index contributed by atoms with van der Waals surface area (Å²) in [6.07, 6.45) is 6.17. The summed E-state index contributed by atoms with van der Waals surface area (Å²) in [6.45, 7) is 1.44. The van der Waals surface area contributed by atoms with E-state index in [-0.39, 0.29) is 23.9 Å². The molecule has 0 radical (unpaired) electrons. The fraction of sp³-hybridized carbons (Fsp3) is 0.417. The van der Waals surface area contributed by atoms with E-state index in [0.29, 0.717) is 13.1 Å². The first-order chi connectivity index (χ1) is 16.3. The van der Waals surface area contributed by atoms with Crippen molar-refractivity contribution in [2.75, 3.05) is 6.54 Å². The minimum Gasteiger partial charge on any atom is -0.348 e. The third-order valence-electron chi connectivity index (χ3n) is 6.59. The number of carbonyl (C=O) groups is 2. The first kappa shape index (κ1) is 23.3. The minimum absolute atomic E-state index is 0.143. The summed E-state index contributed by atoms with van der Waals surface area (Å²) in [5.41, 5.74) is 1.90. The number of non-ortho nitro benzene ring substituents is 2. The van der Waals surface area contributed by atoms with E-state index in [1.165, 1.54) is 6.42 Å². The fourth-order valence-corrected chi connectivity index (χ4v) is 4.73. The number of hydrogen-bond acceptors (Lipinski definition) is 6. The number of fused-ring (bicyclic) bond motifs is 1. The van der Waals surface area contributed by atoms with Crippen LogP contribution < -0.4 is 5.32 Å². The van der Waals surface area contributed by atoms with Gasteiger partial charge in [0.15, 0.2) is 0 Å². The van der Waals surface area contributed by atoms with E-state index < -0.39 is 27.1 Å². The number of amides is 2. The molecule has 1 aliphatic carbocycles. The zero-order valence-corrected chi connectivity index (χ0v) is 18.7. The molecule has 1 N–H and O–H groups in total. The van der Waals surface area contributed by atoms with Crippen LogP contribution in [-0.4, -0.2) is 33.1 Å². The van der Waals surface area contributed by atoms with Gasteiger partial charge < -0.3 is 10.2 Å².